The van der Waals surface area contributed by atoms with Crippen LogP contribution in [0.15, 0.2) is 71.7 Å². The Hall–Kier alpha value is -3.87. The zero-order valence-electron chi connectivity index (χ0n) is 15.1. The second kappa shape index (κ2) is 8.22. The number of anilines is 1. The summed E-state index contributed by atoms with van der Waals surface area (Å²) in [6.07, 6.45) is 1.30. The van der Waals surface area contributed by atoms with E-state index in [1.54, 1.807) is 12.1 Å². The van der Waals surface area contributed by atoms with Crippen LogP contribution in [0.25, 0.3) is 11.1 Å². The normalized spacial score (nSPS) is 10.3. The Kier molecular flexibility index (Phi) is 5.55. The highest BCUT2D eigenvalue weighted by Gasteiger charge is 2.12. The van der Waals surface area contributed by atoms with Gasteiger partial charge in [-0.25, -0.2) is 0 Å². The molecule has 7 heteroatoms. The Morgan fingerprint density at radius 2 is 1.79 bits per heavy atom. The summed E-state index contributed by atoms with van der Waals surface area (Å²) in [6.45, 7) is -0.486. The van der Waals surface area contributed by atoms with Gasteiger partial charge in [-0.2, -0.15) is 0 Å². The van der Waals surface area contributed by atoms with Crippen molar-refractivity contribution in [3.8, 4) is 16.9 Å². The number of nitrogens with one attached hydrogen (secondary N) is 1. The van der Waals surface area contributed by atoms with Gasteiger partial charge in [0, 0.05) is 17.8 Å². The van der Waals surface area contributed by atoms with Crippen LogP contribution < -0.4 is 15.6 Å². The molecule has 142 valence electrons. The molecule has 3 rings (SSSR count). The lowest BCUT2D eigenvalue weighted by molar-refractivity contribution is -0.137. The number of carboxylic acid groups (broad SMARTS) is 1. The van der Waals surface area contributed by atoms with Gasteiger partial charge in [0.25, 0.3) is 11.5 Å². The Bertz CT molecular complexity index is 1070. The Labute approximate surface area is 160 Å². The monoisotopic (exact) mass is 378 g/mol. The molecule has 0 fully saturated rings. The number of carbonyl (C=O) groups excluding carboxylic acids is 1. The van der Waals surface area contributed by atoms with Crippen LogP contribution in [0.5, 0.6) is 5.75 Å². The Balaban J connectivity index is 1.90. The molecule has 1 heterocycles. The number of rotatable bonds is 6. The highest BCUT2D eigenvalue weighted by molar-refractivity contribution is 6.05. The van der Waals surface area contributed by atoms with Gasteiger partial charge in [-0.05, 0) is 35.4 Å². The largest absolute Gasteiger partial charge is 0.497 e. The molecule has 7 nitrogen and oxygen atoms in total. The molecule has 0 unspecified atom stereocenters. The van der Waals surface area contributed by atoms with Crippen molar-refractivity contribution in [2.24, 2.45) is 0 Å². The maximum absolute atomic E-state index is 12.7. The maximum atomic E-state index is 12.7. The van der Waals surface area contributed by atoms with E-state index in [1.807, 2.05) is 36.4 Å². The number of methoxy groups -OCH3 is 1. The minimum Gasteiger partial charge on any atom is -0.497 e. The first-order chi connectivity index (χ1) is 13.5. The number of aliphatic carboxylic acids is 1. The Morgan fingerprint density at radius 3 is 2.46 bits per heavy atom. The summed E-state index contributed by atoms with van der Waals surface area (Å²) in [5.41, 5.74) is 1.98. The van der Waals surface area contributed by atoms with Crippen LogP contribution in [0, 0.1) is 0 Å². The number of nitrogens with zero attached hydrogens (tertiary/aromatic N) is 1. The minimum absolute atomic E-state index is 0.315. The molecule has 3 aromatic rings. The highest BCUT2D eigenvalue weighted by Crippen LogP contribution is 2.26. The van der Waals surface area contributed by atoms with E-state index in [0.29, 0.717) is 17.0 Å². The first-order valence-corrected chi connectivity index (χ1v) is 8.44. The summed E-state index contributed by atoms with van der Waals surface area (Å²) in [4.78, 5) is 35.3. The van der Waals surface area contributed by atoms with Crippen LogP contribution in [-0.4, -0.2) is 28.7 Å². The van der Waals surface area contributed by atoms with Crippen LogP contribution in [0.1, 0.15) is 10.4 Å². The SMILES string of the molecule is COc1cc(C(=O)Nc2ccc(=O)n(CC(=O)O)c2)cc(-c2ccccc2)c1. The van der Waals surface area contributed by atoms with Crippen molar-refractivity contribution in [3.63, 3.8) is 0 Å². The summed E-state index contributed by atoms with van der Waals surface area (Å²) in [5.74, 6) is -1.02. The van der Waals surface area contributed by atoms with Crippen molar-refractivity contribution in [1.82, 2.24) is 4.57 Å². The van der Waals surface area contributed by atoms with Crippen LogP contribution in [0.3, 0.4) is 0 Å². The molecule has 2 N–H and O–H groups in total. The predicted octanol–water partition coefficient (Wildman–Crippen LogP) is 2.86. The number of ether oxygens (including phenoxy) is 1. The summed E-state index contributed by atoms with van der Waals surface area (Å²) < 4.78 is 6.32. The van der Waals surface area contributed by atoms with Crippen molar-refractivity contribution in [2.45, 2.75) is 6.54 Å². The zero-order valence-corrected chi connectivity index (χ0v) is 15.1. The fourth-order valence-electron chi connectivity index (χ4n) is 2.72. The molecular weight excluding hydrogens is 360 g/mol. The van der Waals surface area contributed by atoms with Crippen molar-refractivity contribution in [1.29, 1.82) is 0 Å². The van der Waals surface area contributed by atoms with Crippen molar-refractivity contribution >= 4 is 17.6 Å². The quantitative estimate of drug-likeness (QED) is 0.687. The van der Waals surface area contributed by atoms with Crippen LogP contribution in [0.4, 0.5) is 5.69 Å². The van der Waals surface area contributed by atoms with Gasteiger partial charge >= 0.3 is 5.97 Å². The average molecular weight is 378 g/mol. The molecule has 0 saturated heterocycles. The van der Waals surface area contributed by atoms with Gasteiger partial charge in [-0.1, -0.05) is 30.3 Å². The van der Waals surface area contributed by atoms with E-state index >= 15 is 0 Å². The van der Waals surface area contributed by atoms with Crippen LogP contribution in [0.2, 0.25) is 0 Å². The lowest BCUT2D eigenvalue weighted by Gasteiger charge is -2.11. The third-order valence-corrected chi connectivity index (χ3v) is 4.06. The smallest absolute Gasteiger partial charge is 0.323 e. The molecule has 1 amide bonds. The highest BCUT2D eigenvalue weighted by atomic mass is 16.5. The van der Waals surface area contributed by atoms with E-state index in [2.05, 4.69) is 5.32 Å². The Morgan fingerprint density at radius 1 is 1.04 bits per heavy atom. The molecule has 0 aliphatic heterocycles. The molecule has 1 aromatic heterocycles. The molecule has 0 radical (unpaired) electrons. The first-order valence-electron chi connectivity index (χ1n) is 8.44. The number of hydrogen-bond acceptors (Lipinski definition) is 4. The number of hydrogen-bond donors (Lipinski definition) is 2. The molecule has 0 aliphatic carbocycles. The lowest BCUT2D eigenvalue weighted by atomic mass is 10.0. The second-order valence-electron chi connectivity index (χ2n) is 6.05. The molecule has 2 aromatic carbocycles. The summed E-state index contributed by atoms with van der Waals surface area (Å²) in [6, 6.07) is 17.4. The first kappa shape index (κ1) is 18.9. The minimum atomic E-state index is -1.15. The van der Waals surface area contributed by atoms with E-state index < -0.39 is 24.0 Å². The van der Waals surface area contributed by atoms with E-state index in [-0.39, 0.29) is 0 Å². The number of pyridine rings is 1. The molecule has 0 bridgehead atoms. The average Bonchev–Trinajstić information content (AvgIpc) is 2.70. The summed E-state index contributed by atoms with van der Waals surface area (Å²) in [7, 11) is 1.52. The lowest BCUT2D eigenvalue weighted by Crippen LogP contribution is -2.24. The van der Waals surface area contributed by atoms with Gasteiger partial charge in [0.15, 0.2) is 0 Å². The number of carbonyl (C=O) groups is 2. The third kappa shape index (κ3) is 4.45. The van der Waals surface area contributed by atoms with Crippen molar-refractivity contribution in [3.05, 3.63) is 82.8 Å². The summed E-state index contributed by atoms with van der Waals surface area (Å²) in [5, 5.41) is 11.6. The van der Waals surface area contributed by atoms with Gasteiger partial charge in [0.2, 0.25) is 0 Å². The van der Waals surface area contributed by atoms with Gasteiger partial charge in [-0.15, -0.1) is 0 Å². The summed E-state index contributed by atoms with van der Waals surface area (Å²) >= 11 is 0. The zero-order chi connectivity index (χ0) is 20.1. The molecule has 0 atom stereocenters. The van der Waals surface area contributed by atoms with E-state index in [9.17, 15) is 14.4 Å². The number of benzene rings is 2. The number of carboxylic acids is 1. The maximum Gasteiger partial charge on any atom is 0.323 e. The topological polar surface area (TPSA) is 97.6 Å². The molecule has 0 saturated carbocycles. The predicted molar refractivity (Wildman–Crippen MR) is 105 cm³/mol. The number of amides is 1. The van der Waals surface area contributed by atoms with Gasteiger partial charge < -0.3 is 19.7 Å². The molecule has 28 heavy (non-hydrogen) atoms. The van der Waals surface area contributed by atoms with Gasteiger partial charge in [0.1, 0.15) is 12.3 Å². The van der Waals surface area contributed by atoms with E-state index in [4.69, 9.17) is 9.84 Å². The standard InChI is InChI=1S/C21H18N2O5/c1-28-18-10-15(14-5-3-2-4-6-14)9-16(11-18)21(27)22-17-7-8-19(24)23(12-17)13-20(25)26/h2-12H,13H2,1H3,(H,22,27)(H,25,26). The number of aromatic nitrogens is 1. The fraction of sp³-hybridized carbons (Fsp3) is 0.0952. The molecular formula is C21H18N2O5. The van der Waals surface area contributed by atoms with Crippen molar-refractivity contribution in [2.75, 3.05) is 12.4 Å². The van der Waals surface area contributed by atoms with E-state index in [1.165, 1.54) is 25.4 Å². The second-order valence-corrected chi connectivity index (χ2v) is 6.05. The van der Waals surface area contributed by atoms with E-state index in [0.717, 1.165) is 15.7 Å². The fourth-order valence-corrected chi connectivity index (χ4v) is 2.72. The molecule has 0 aliphatic rings. The van der Waals surface area contributed by atoms with Crippen LogP contribution >= 0.6 is 0 Å². The van der Waals surface area contributed by atoms with Crippen LogP contribution in [-0.2, 0) is 11.3 Å². The third-order valence-electron chi connectivity index (χ3n) is 4.06. The van der Waals surface area contributed by atoms with Gasteiger partial charge in [-0.3, -0.25) is 14.4 Å². The van der Waals surface area contributed by atoms with Gasteiger partial charge in [0.05, 0.1) is 12.8 Å². The van der Waals surface area contributed by atoms with Crippen molar-refractivity contribution < 1.29 is 19.4 Å². The molecule has 0 spiro atoms.